The average molecular weight is 487 g/mol. The van der Waals surface area contributed by atoms with E-state index in [2.05, 4.69) is 27.2 Å². The predicted octanol–water partition coefficient (Wildman–Crippen LogP) is 4.37. The number of carbonyl (C=O) groups excluding carboxylic acids is 1. The van der Waals surface area contributed by atoms with Gasteiger partial charge in [0.1, 0.15) is 17.1 Å². The van der Waals surface area contributed by atoms with Crippen LogP contribution < -0.4 is 11.1 Å². The first-order valence-corrected chi connectivity index (χ1v) is 10.1. The third kappa shape index (κ3) is 5.85. The van der Waals surface area contributed by atoms with Crippen LogP contribution in [0.3, 0.4) is 0 Å². The Bertz CT molecular complexity index is 1390. The van der Waals surface area contributed by atoms with Gasteiger partial charge < -0.3 is 26.2 Å². The minimum atomic E-state index is -5.08. The van der Waals surface area contributed by atoms with Crippen molar-refractivity contribution in [3.63, 3.8) is 0 Å². The number of H-pyrrole nitrogens is 1. The second-order valence-electron chi connectivity index (χ2n) is 7.18. The number of nitrogens with zero attached hydrogens (tertiary/aromatic N) is 2. The van der Waals surface area contributed by atoms with Crippen LogP contribution in [0.2, 0.25) is 0 Å². The summed E-state index contributed by atoms with van der Waals surface area (Å²) in [4.78, 5) is 32.9. The lowest BCUT2D eigenvalue weighted by molar-refractivity contribution is -0.192. The van der Waals surface area contributed by atoms with E-state index in [-0.39, 0.29) is 11.3 Å². The lowest BCUT2D eigenvalue weighted by atomic mass is 10.1. The van der Waals surface area contributed by atoms with Crippen LogP contribution in [0.5, 0.6) is 5.75 Å². The molecule has 2 aromatic carbocycles. The van der Waals surface area contributed by atoms with E-state index in [1.807, 2.05) is 30.3 Å². The van der Waals surface area contributed by atoms with Gasteiger partial charge in [0.05, 0.1) is 11.3 Å². The number of aromatic nitrogens is 3. The minimum Gasteiger partial charge on any atom is -0.508 e. The first-order valence-electron chi connectivity index (χ1n) is 10.1. The van der Waals surface area contributed by atoms with Gasteiger partial charge in [0.2, 0.25) is 0 Å². The van der Waals surface area contributed by atoms with Gasteiger partial charge >= 0.3 is 12.1 Å². The maximum Gasteiger partial charge on any atom is 0.490 e. The number of rotatable bonds is 5. The largest absolute Gasteiger partial charge is 0.508 e. The Morgan fingerprint density at radius 2 is 1.83 bits per heavy atom. The summed E-state index contributed by atoms with van der Waals surface area (Å²) in [5.41, 5.74) is 10.1. The van der Waals surface area contributed by atoms with Crippen LogP contribution >= 0.6 is 0 Å². The number of pyridine rings is 1. The Balaban J connectivity index is 0.000000429. The predicted molar refractivity (Wildman–Crippen MR) is 122 cm³/mol. The number of benzene rings is 2. The van der Waals surface area contributed by atoms with E-state index in [0.717, 1.165) is 17.7 Å². The average Bonchev–Trinajstić information content (AvgIpc) is 3.24. The number of carboxylic acid groups (broad SMARTS) is 1. The van der Waals surface area contributed by atoms with Gasteiger partial charge in [-0.3, -0.25) is 4.79 Å². The lowest BCUT2D eigenvalue weighted by Crippen LogP contribution is -2.21. The van der Waals surface area contributed by atoms with Crippen LogP contribution in [0.25, 0.3) is 22.6 Å². The van der Waals surface area contributed by atoms with Gasteiger partial charge in [0.15, 0.2) is 5.65 Å². The van der Waals surface area contributed by atoms with Crippen molar-refractivity contribution in [2.45, 2.75) is 19.5 Å². The number of alkyl halides is 3. The highest BCUT2D eigenvalue weighted by Gasteiger charge is 2.38. The molecule has 0 unspecified atom stereocenters. The zero-order valence-corrected chi connectivity index (χ0v) is 18.2. The summed E-state index contributed by atoms with van der Waals surface area (Å²) in [6.45, 7) is 2.06. The molecule has 0 spiro atoms. The third-order valence-electron chi connectivity index (χ3n) is 4.81. The normalized spacial score (nSPS) is 11.0. The number of hydrogen-bond acceptors (Lipinski definition) is 6. The van der Waals surface area contributed by atoms with Gasteiger partial charge in [0, 0.05) is 17.4 Å². The molecule has 0 aliphatic carbocycles. The number of primary amides is 1. The van der Waals surface area contributed by atoms with Gasteiger partial charge in [0.25, 0.3) is 5.91 Å². The zero-order chi connectivity index (χ0) is 25.8. The van der Waals surface area contributed by atoms with Gasteiger partial charge in [-0.2, -0.15) is 13.2 Å². The fourth-order valence-electron chi connectivity index (χ4n) is 3.15. The second kappa shape index (κ2) is 10.1. The molecule has 4 rings (SSSR count). The van der Waals surface area contributed by atoms with Crippen LogP contribution in [-0.2, 0) is 11.2 Å². The Labute approximate surface area is 196 Å². The molecular weight excluding hydrogens is 467 g/mol. The molecule has 12 heteroatoms. The number of phenols is 1. The zero-order valence-electron chi connectivity index (χ0n) is 18.2. The smallest absolute Gasteiger partial charge is 0.490 e. The number of anilines is 2. The van der Waals surface area contributed by atoms with Crippen LogP contribution in [0.15, 0.2) is 54.7 Å². The van der Waals surface area contributed by atoms with E-state index in [4.69, 9.17) is 15.6 Å². The molecule has 0 fully saturated rings. The van der Waals surface area contributed by atoms with Gasteiger partial charge in [-0.1, -0.05) is 37.3 Å². The summed E-state index contributed by atoms with van der Waals surface area (Å²) in [6, 6.07) is 14.6. The van der Waals surface area contributed by atoms with E-state index < -0.39 is 18.1 Å². The molecular formula is C23H20F3N5O4. The standard InChI is InChI=1S/C21H19N5O2.C2HF3O2/c1-2-12-6-3-4-9-16(12)24-17-15(19(22)28)11-23-21-18(17)25-20(26-21)13-7-5-8-14(27)10-13;3-2(4,5)1(6)7/h3-11,27H,2H2,1H3,(H2,22,28)(H2,23,24,25,26);(H,6,7). The number of nitrogens with one attached hydrogen (secondary N) is 2. The molecule has 0 aliphatic rings. The molecule has 182 valence electrons. The molecule has 0 saturated carbocycles. The second-order valence-corrected chi connectivity index (χ2v) is 7.18. The summed E-state index contributed by atoms with van der Waals surface area (Å²) in [5.74, 6) is -2.67. The van der Waals surface area contributed by atoms with Crippen LogP contribution in [0, 0.1) is 0 Å². The van der Waals surface area contributed by atoms with Gasteiger partial charge in [-0.15, -0.1) is 0 Å². The third-order valence-corrected chi connectivity index (χ3v) is 4.81. The van der Waals surface area contributed by atoms with Crippen molar-refractivity contribution in [2.24, 2.45) is 5.73 Å². The molecule has 0 radical (unpaired) electrons. The SMILES string of the molecule is CCc1ccccc1Nc1c(C(N)=O)cnc2nc(-c3cccc(O)c3)[nH]c12.O=C(O)C(F)(F)F. The molecule has 2 aromatic heterocycles. The fraction of sp³-hybridized carbons (Fsp3) is 0.130. The number of aromatic amines is 1. The van der Waals surface area contributed by atoms with Crippen molar-refractivity contribution in [2.75, 3.05) is 5.32 Å². The molecule has 6 N–H and O–H groups in total. The Hall–Kier alpha value is -4.61. The Morgan fingerprint density at radius 3 is 2.43 bits per heavy atom. The number of fused-ring (bicyclic) bond motifs is 1. The number of nitrogens with two attached hydrogens (primary N) is 1. The molecule has 4 aromatic rings. The highest BCUT2D eigenvalue weighted by molar-refractivity contribution is 6.06. The van der Waals surface area contributed by atoms with Crippen molar-refractivity contribution in [1.82, 2.24) is 15.0 Å². The van der Waals surface area contributed by atoms with E-state index >= 15 is 0 Å². The van der Waals surface area contributed by atoms with Crippen molar-refractivity contribution in [1.29, 1.82) is 0 Å². The van der Waals surface area contributed by atoms with Crippen LogP contribution in [-0.4, -0.2) is 43.2 Å². The molecule has 2 heterocycles. The number of halogens is 3. The van der Waals surface area contributed by atoms with Crippen molar-refractivity contribution >= 4 is 34.4 Å². The number of aromatic hydroxyl groups is 1. The fourth-order valence-corrected chi connectivity index (χ4v) is 3.15. The number of aliphatic carboxylic acids is 1. The molecule has 1 amide bonds. The van der Waals surface area contributed by atoms with Crippen LogP contribution in [0.4, 0.5) is 24.5 Å². The van der Waals surface area contributed by atoms with Gasteiger partial charge in [-0.25, -0.2) is 14.8 Å². The monoisotopic (exact) mass is 487 g/mol. The van der Waals surface area contributed by atoms with Gasteiger partial charge in [-0.05, 0) is 30.2 Å². The van der Waals surface area contributed by atoms with Crippen molar-refractivity contribution in [3.8, 4) is 17.1 Å². The molecule has 9 nitrogen and oxygen atoms in total. The molecule has 35 heavy (non-hydrogen) atoms. The van der Waals surface area contributed by atoms with Crippen molar-refractivity contribution < 1.29 is 33.0 Å². The quantitative estimate of drug-likeness (QED) is 0.280. The van der Waals surface area contributed by atoms with E-state index in [0.29, 0.717) is 28.2 Å². The summed E-state index contributed by atoms with van der Waals surface area (Å²) < 4.78 is 31.7. The highest BCUT2D eigenvalue weighted by Crippen LogP contribution is 2.31. The van der Waals surface area contributed by atoms with Crippen LogP contribution in [0.1, 0.15) is 22.8 Å². The number of para-hydroxylation sites is 1. The minimum absolute atomic E-state index is 0.138. The number of hydrogen-bond donors (Lipinski definition) is 5. The summed E-state index contributed by atoms with van der Waals surface area (Å²) in [6.07, 6.45) is -2.82. The first-order chi connectivity index (χ1) is 16.5. The number of amides is 1. The van der Waals surface area contributed by atoms with E-state index in [1.165, 1.54) is 6.20 Å². The highest BCUT2D eigenvalue weighted by atomic mass is 19.4. The van der Waals surface area contributed by atoms with E-state index in [1.54, 1.807) is 18.2 Å². The summed E-state index contributed by atoms with van der Waals surface area (Å²) in [7, 11) is 0. The Kier molecular flexibility index (Phi) is 7.23. The number of imidazole rings is 1. The molecule has 0 aliphatic heterocycles. The van der Waals surface area contributed by atoms with E-state index in [9.17, 15) is 23.1 Å². The number of carbonyl (C=O) groups is 2. The number of phenolic OH excluding ortho intramolecular Hbond substituents is 1. The molecule has 0 atom stereocenters. The number of carboxylic acids is 1. The molecule has 0 bridgehead atoms. The molecule has 0 saturated heterocycles. The maximum atomic E-state index is 12.0. The number of aryl methyl sites for hydroxylation is 1. The lowest BCUT2D eigenvalue weighted by Gasteiger charge is -2.13. The first kappa shape index (κ1) is 25.0. The Morgan fingerprint density at radius 1 is 1.14 bits per heavy atom. The summed E-state index contributed by atoms with van der Waals surface area (Å²) in [5, 5.41) is 20.2. The summed E-state index contributed by atoms with van der Waals surface area (Å²) >= 11 is 0. The van der Waals surface area contributed by atoms with Crippen molar-refractivity contribution in [3.05, 3.63) is 65.9 Å². The topological polar surface area (TPSA) is 154 Å². The maximum absolute atomic E-state index is 12.0.